The second-order valence-electron chi connectivity index (χ2n) is 4.21. The molecule has 0 N–H and O–H groups in total. The van der Waals surface area contributed by atoms with Crippen molar-refractivity contribution in [2.45, 2.75) is 46.6 Å². The molecule has 1 aromatic rings. The number of carbonyl (C=O) groups excluding carboxylic acids is 1. The molecule has 0 bridgehead atoms. The van der Waals surface area contributed by atoms with Crippen LogP contribution in [0.2, 0.25) is 0 Å². The molecule has 7 heteroatoms. The summed E-state index contributed by atoms with van der Waals surface area (Å²) >= 11 is 0. The van der Waals surface area contributed by atoms with Crippen molar-refractivity contribution >= 4 is 5.97 Å². The van der Waals surface area contributed by atoms with Gasteiger partial charge in [0.15, 0.2) is 5.69 Å². The van der Waals surface area contributed by atoms with E-state index in [1.54, 1.807) is 6.92 Å². The van der Waals surface area contributed by atoms with E-state index >= 15 is 0 Å². The van der Waals surface area contributed by atoms with Gasteiger partial charge in [0.2, 0.25) is 0 Å². The molecule has 0 aliphatic rings. The van der Waals surface area contributed by atoms with Gasteiger partial charge >= 0.3 is 5.97 Å². The molecular formula is C12H19F2N3O2. The van der Waals surface area contributed by atoms with Crippen LogP contribution in [0.25, 0.3) is 0 Å². The molecular weight excluding hydrogens is 256 g/mol. The quantitative estimate of drug-likeness (QED) is 0.718. The molecule has 0 saturated carbocycles. The number of hydrogen-bond donors (Lipinski definition) is 0. The van der Waals surface area contributed by atoms with Gasteiger partial charge in [-0.1, -0.05) is 31.9 Å². The van der Waals surface area contributed by atoms with E-state index < -0.39 is 18.1 Å². The molecule has 0 atom stereocenters. The fraction of sp³-hybridized carbons (Fsp3) is 0.750. The molecule has 0 radical (unpaired) electrons. The van der Waals surface area contributed by atoms with Crippen LogP contribution in [0.3, 0.4) is 0 Å². The Labute approximate surface area is 110 Å². The Morgan fingerprint density at radius 1 is 1.32 bits per heavy atom. The highest BCUT2D eigenvalue weighted by atomic mass is 19.3. The molecule has 0 unspecified atom stereocenters. The Morgan fingerprint density at radius 3 is 2.42 bits per heavy atom. The van der Waals surface area contributed by atoms with Crippen molar-refractivity contribution in [2.75, 3.05) is 6.61 Å². The standard InChI is InChI=1S/C12H19F2N3O2/c1-4-8(5-2)7-17-10(11(13)14)9(15-16-17)12(18)19-6-3/h8,11H,4-7H2,1-3H3. The summed E-state index contributed by atoms with van der Waals surface area (Å²) in [5.74, 6) is -0.622. The van der Waals surface area contributed by atoms with Crippen LogP contribution in [0.5, 0.6) is 0 Å². The third-order valence-corrected chi connectivity index (χ3v) is 3.03. The maximum atomic E-state index is 13.1. The first-order chi connectivity index (χ1) is 9.04. The van der Waals surface area contributed by atoms with Gasteiger partial charge in [0.05, 0.1) is 6.61 Å². The van der Waals surface area contributed by atoms with Crippen molar-refractivity contribution < 1.29 is 18.3 Å². The molecule has 108 valence electrons. The maximum Gasteiger partial charge on any atom is 0.361 e. The number of alkyl halides is 2. The maximum absolute atomic E-state index is 13.1. The lowest BCUT2D eigenvalue weighted by molar-refractivity contribution is 0.0506. The zero-order valence-corrected chi connectivity index (χ0v) is 11.4. The Bertz CT molecular complexity index is 417. The topological polar surface area (TPSA) is 57.0 Å². The lowest BCUT2D eigenvalue weighted by Gasteiger charge is -2.13. The summed E-state index contributed by atoms with van der Waals surface area (Å²) in [5.41, 5.74) is -0.840. The SMILES string of the molecule is CCOC(=O)c1nnn(CC(CC)CC)c1C(F)F. The minimum Gasteiger partial charge on any atom is -0.461 e. The minimum absolute atomic E-state index is 0.112. The lowest BCUT2D eigenvalue weighted by atomic mass is 10.0. The smallest absolute Gasteiger partial charge is 0.361 e. The number of hydrogen-bond acceptors (Lipinski definition) is 4. The van der Waals surface area contributed by atoms with Gasteiger partial charge in [-0.3, -0.25) is 0 Å². The van der Waals surface area contributed by atoms with Crippen molar-refractivity contribution in [3.05, 3.63) is 11.4 Å². The van der Waals surface area contributed by atoms with Gasteiger partial charge < -0.3 is 4.74 Å². The van der Waals surface area contributed by atoms with Gasteiger partial charge in [-0.25, -0.2) is 18.3 Å². The van der Waals surface area contributed by atoms with E-state index in [4.69, 9.17) is 4.74 Å². The average Bonchev–Trinajstić information content (AvgIpc) is 2.79. The van der Waals surface area contributed by atoms with Crippen molar-refractivity contribution in [3.8, 4) is 0 Å². The van der Waals surface area contributed by atoms with Crippen LogP contribution in [0, 0.1) is 5.92 Å². The summed E-state index contributed by atoms with van der Waals surface area (Å²) in [6.45, 7) is 6.02. The van der Waals surface area contributed by atoms with Crippen LogP contribution in [0.1, 0.15) is 56.2 Å². The summed E-state index contributed by atoms with van der Waals surface area (Å²) < 4.78 is 32.0. The molecule has 1 aromatic heterocycles. The third-order valence-electron chi connectivity index (χ3n) is 3.03. The predicted octanol–water partition coefficient (Wildman–Crippen LogP) is 2.83. The van der Waals surface area contributed by atoms with Crippen molar-refractivity contribution in [3.63, 3.8) is 0 Å². The Hall–Kier alpha value is -1.53. The molecule has 0 aromatic carbocycles. The van der Waals surface area contributed by atoms with Crippen LogP contribution in [-0.2, 0) is 11.3 Å². The number of esters is 1. The summed E-state index contributed by atoms with van der Waals surface area (Å²) in [5, 5.41) is 7.20. The van der Waals surface area contributed by atoms with Gasteiger partial charge in [-0.15, -0.1) is 5.10 Å². The fourth-order valence-electron chi connectivity index (χ4n) is 1.81. The summed E-state index contributed by atoms with van der Waals surface area (Å²) in [4.78, 5) is 11.5. The second kappa shape index (κ2) is 7.16. The zero-order valence-electron chi connectivity index (χ0n) is 11.4. The van der Waals surface area contributed by atoms with E-state index in [2.05, 4.69) is 10.3 Å². The normalized spacial score (nSPS) is 11.3. The highest BCUT2D eigenvalue weighted by Crippen LogP contribution is 2.23. The minimum atomic E-state index is -2.80. The largest absolute Gasteiger partial charge is 0.461 e. The second-order valence-corrected chi connectivity index (χ2v) is 4.21. The van der Waals surface area contributed by atoms with Crippen LogP contribution < -0.4 is 0 Å². The molecule has 5 nitrogen and oxygen atoms in total. The first kappa shape index (κ1) is 15.5. The molecule has 19 heavy (non-hydrogen) atoms. The molecule has 1 heterocycles. The number of halogens is 2. The van der Waals surface area contributed by atoms with Gasteiger partial charge in [0, 0.05) is 6.54 Å². The average molecular weight is 275 g/mol. The fourth-order valence-corrected chi connectivity index (χ4v) is 1.81. The Kier molecular flexibility index (Phi) is 5.85. The van der Waals surface area contributed by atoms with Crippen LogP contribution in [0.4, 0.5) is 8.78 Å². The number of nitrogens with zero attached hydrogens (tertiary/aromatic N) is 3. The van der Waals surface area contributed by atoms with Crippen molar-refractivity contribution in [1.29, 1.82) is 0 Å². The van der Waals surface area contributed by atoms with E-state index in [1.165, 1.54) is 0 Å². The highest BCUT2D eigenvalue weighted by molar-refractivity contribution is 5.88. The molecule has 0 fully saturated rings. The van der Waals surface area contributed by atoms with Gasteiger partial charge in [-0.2, -0.15) is 0 Å². The van der Waals surface area contributed by atoms with Crippen molar-refractivity contribution in [2.24, 2.45) is 5.92 Å². The van der Waals surface area contributed by atoms with E-state index in [0.717, 1.165) is 17.5 Å². The number of rotatable bonds is 7. The number of ether oxygens (including phenoxy) is 1. The van der Waals surface area contributed by atoms with Crippen LogP contribution in [0.15, 0.2) is 0 Å². The molecule has 0 saturated heterocycles. The van der Waals surface area contributed by atoms with E-state index in [0.29, 0.717) is 6.54 Å². The lowest BCUT2D eigenvalue weighted by Crippen LogP contribution is -2.15. The predicted molar refractivity (Wildman–Crippen MR) is 65.0 cm³/mol. The van der Waals surface area contributed by atoms with E-state index in [9.17, 15) is 13.6 Å². The first-order valence-electron chi connectivity index (χ1n) is 6.43. The van der Waals surface area contributed by atoms with E-state index in [-0.39, 0.29) is 18.2 Å². The summed E-state index contributed by atoms with van der Waals surface area (Å²) in [7, 11) is 0. The van der Waals surface area contributed by atoms with Crippen LogP contribution >= 0.6 is 0 Å². The van der Waals surface area contributed by atoms with E-state index in [1.807, 2.05) is 13.8 Å². The first-order valence-corrected chi connectivity index (χ1v) is 6.43. The third kappa shape index (κ3) is 3.71. The molecule has 0 aliphatic carbocycles. The summed E-state index contributed by atoms with van der Waals surface area (Å²) in [6.07, 6.45) is -1.09. The van der Waals surface area contributed by atoms with Crippen molar-refractivity contribution in [1.82, 2.24) is 15.0 Å². The monoisotopic (exact) mass is 275 g/mol. The Balaban J connectivity index is 3.03. The zero-order chi connectivity index (χ0) is 14.4. The molecule has 1 rings (SSSR count). The highest BCUT2D eigenvalue weighted by Gasteiger charge is 2.28. The van der Waals surface area contributed by atoms with Gasteiger partial charge in [0.25, 0.3) is 6.43 Å². The van der Waals surface area contributed by atoms with Gasteiger partial charge in [0.1, 0.15) is 5.69 Å². The van der Waals surface area contributed by atoms with Crippen LogP contribution in [-0.4, -0.2) is 27.6 Å². The molecule has 0 aliphatic heterocycles. The molecule has 0 amide bonds. The van der Waals surface area contributed by atoms with Gasteiger partial charge in [-0.05, 0) is 12.8 Å². The molecule has 0 spiro atoms. The number of aromatic nitrogens is 3. The number of carbonyl (C=O) groups is 1. The Morgan fingerprint density at radius 2 is 1.95 bits per heavy atom. The summed E-state index contributed by atoms with van der Waals surface area (Å²) in [6, 6.07) is 0.